The summed E-state index contributed by atoms with van der Waals surface area (Å²) in [5.74, 6) is 1.26. The van der Waals surface area contributed by atoms with E-state index >= 15 is 0 Å². The van der Waals surface area contributed by atoms with Crippen molar-refractivity contribution in [3.8, 4) is 0 Å². The summed E-state index contributed by atoms with van der Waals surface area (Å²) in [5, 5.41) is 3.95. The van der Waals surface area contributed by atoms with Gasteiger partial charge in [0.05, 0.1) is 12.2 Å². The highest BCUT2D eigenvalue weighted by Crippen LogP contribution is 2.19. The summed E-state index contributed by atoms with van der Waals surface area (Å²) in [7, 11) is 0. The standard InChI is InChI=1S/C9H16N2O/c1-3-4-7(2)9-5-8(6-10)12-11-9/h5,7H,3-4,6,10H2,1-2H3. The van der Waals surface area contributed by atoms with Gasteiger partial charge in [-0.25, -0.2) is 0 Å². The SMILES string of the molecule is CCCC(C)c1cc(CN)on1. The molecule has 0 radical (unpaired) electrons. The average Bonchev–Trinajstić information content (AvgIpc) is 2.52. The van der Waals surface area contributed by atoms with Crippen molar-refractivity contribution < 1.29 is 4.52 Å². The third-order valence-electron chi connectivity index (χ3n) is 2.00. The van der Waals surface area contributed by atoms with Crippen LogP contribution in [0.25, 0.3) is 0 Å². The van der Waals surface area contributed by atoms with Crippen LogP contribution < -0.4 is 5.73 Å². The highest BCUT2D eigenvalue weighted by atomic mass is 16.5. The van der Waals surface area contributed by atoms with E-state index in [1.165, 1.54) is 6.42 Å². The summed E-state index contributed by atoms with van der Waals surface area (Å²) in [6, 6.07) is 1.94. The van der Waals surface area contributed by atoms with Crippen LogP contribution in [0.5, 0.6) is 0 Å². The van der Waals surface area contributed by atoms with Crippen LogP contribution in [-0.4, -0.2) is 5.16 Å². The molecule has 0 amide bonds. The molecule has 68 valence electrons. The third-order valence-corrected chi connectivity index (χ3v) is 2.00. The normalized spacial score (nSPS) is 13.2. The van der Waals surface area contributed by atoms with Crippen molar-refractivity contribution >= 4 is 0 Å². The minimum absolute atomic E-state index is 0.436. The van der Waals surface area contributed by atoms with E-state index in [1.54, 1.807) is 0 Å². The second-order valence-corrected chi connectivity index (χ2v) is 3.11. The fourth-order valence-electron chi connectivity index (χ4n) is 1.24. The van der Waals surface area contributed by atoms with Crippen molar-refractivity contribution in [3.05, 3.63) is 17.5 Å². The Morgan fingerprint density at radius 3 is 2.92 bits per heavy atom. The molecule has 1 rings (SSSR count). The van der Waals surface area contributed by atoms with Crippen LogP contribution in [0.4, 0.5) is 0 Å². The van der Waals surface area contributed by atoms with Crippen molar-refractivity contribution in [2.24, 2.45) is 5.73 Å². The number of nitrogens with zero attached hydrogens (tertiary/aromatic N) is 1. The molecular weight excluding hydrogens is 152 g/mol. The largest absolute Gasteiger partial charge is 0.360 e. The molecule has 0 fully saturated rings. The smallest absolute Gasteiger partial charge is 0.150 e. The van der Waals surface area contributed by atoms with Crippen molar-refractivity contribution in [1.29, 1.82) is 0 Å². The van der Waals surface area contributed by atoms with E-state index < -0.39 is 0 Å². The summed E-state index contributed by atoms with van der Waals surface area (Å²) in [4.78, 5) is 0. The summed E-state index contributed by atoms with van der Waals surface area (Å²) in [6.45, 7) is 4.76. The Bertz CT molecular complexity index is 232. The van der Waals surface area contributed by atoms with E-state index in [-0.39, 0.29) is 0 Å². The van der Waals surface area contributed by atoms with Crippen molar-refractivity contribution in [3.63, 3.8) is 0 Å². The molecule has 0 aliphatic carbocycles. The number of hydrogen-bond acceptors (Lipinski definition) is 3. The number of aromatic nitrogens is 1. The highest BCUT2D eigenvalue weighted by molar-refractivity contribution is 5.09. The molecule has 0 bridgehead atoms. The maximum absolute atomic E-state index is 5.40. The molecule has 0 spiro atoms. The third kappa shape index (κ3) is 2.08. The lowest BCUT2D eigenvalue weighted by atomic mass is 10.0. The second kappa shape index (κ2) is 4.26. The Morgan fingerprint density at radius 1 is 1.67 bits per heavy atom. The van der Waals surface area contributed by atoms with Gasteiger partial charge in [0.2, 0.25) is 0 Å². The van der Waals surface area contributed by atoms with Crippen LogP contribution in [0.15, 0.2) is 10.6 Å². The number of hydrogen-bond donors (Lipinski definition) is 1. The van der Waals surface area contributed by atoms with Gasteiger partial charge in [-0.1, -0.05) is 25.4 Å². The molecule has 1 unspecified atom stereocenters. The second-order valence-electron chi connectivity index (χ2n) is 3.11. The lowest BCUT2D eigenvalue weighted by Crippen LogP contribution is -1.94. The van der Waals surface area contributed by atoms with Crippen LogP contribution in [0.3, 0.4) is 0 Å². The fraction of sp³-hybridized carbons (Fsp3) is 0.667. The predicted molar refractivity (Wildman–Crippen MR) is 47.7 cm³/mol. The minimum atomic E-state index is 0.436. The van der Waals surface area contributed by atoms with Gasteiger partial charge in [-0.15, -0.1) is 0 Å². The lowest BCUT2D eigenvalue weighted by molar-refractivity contribution is 0.374. The van der Waals surface area contributed by atoms with E-state index in [2.05, 4.69) is 19.0 Å². The van der Waals surface area contributed by atoms with Crippen molar-refractivity contribution in [2.45, 2.75) is 39.2 Å². The Labute approximate surface area is 72.9 Å². The zero-order chi connectivity index (χ0) is 8.97. The van der Waals surface area contributed by atoms with Crippen LogP contribution >= 0.6 is 0 Å². The first-order valence-corrected chi connectivity index (χ1v) is 4.43. The van der Waals surface area contributed by atoms with Gasteiger partial charge in [-0.05, 0) is 6.42 Å². The molecule has 0 saturated heterocycles. The Kier molecular flexibility index (Phi) is 3.29. The van der Waals surface area contributed by atoms with Gasteiger partial charge in [-0.3, -0.25) is 0 Å². The maximum atomic E-state index is 5.40. The Morgan fingerprint density at radius 2 is 2.42 bits per heavy atom. The van der Waals surface area contributed by atoms with E-state index in [9.17, 15) is 0 Å². The molecule has 12 heavy (non-hydrogen) atoms. The predicted octanol–water partition coefficient (Wildman–Crippen LogP) is 2.04. The summed E-state index contributed by atoms with van der Waals surface area (Å²) in [6.07, 6.45) is 2.32. The molecule has 2 N–H and O–H groups in total. The number of rotatable bonds is 4. The molecule has 0 aromatic carbocycles. The molecule has 3 nitrogen and oxygen atoms in total. The Hall–Kier alpha value is -0.830. The topological polar surface area (TPSA) is 52.0 Å². The first-order chi connectivity index (χ1) is 5.77. The van der Waals surface area contributed by atoms with E-state index in [1.807, 2.05) is 6.07 Å². The maximum Gasteiger partial charge on any atom is 0.150 e. The van der Waals surface area contributed by atoms with E-state index in [0.29, 0.717) is 12.5 Å². The molecule has 1 heterocycles. The van der Waals surface area contributed by atoms with Gasteiger partial charge in [0.15, 0.2) is 5.76 Å². The summed E-state index contributed by atoms with van der Waals surface area (Å²) in [5.41, 5.74) is 6.43. The van der Waals surface area contributed by atoms with Crippen LogP contribution in [-0.2, 0) is 6.54 Å². The summed E-state index contributed by atoms with van der Waals surface area (Å²) < 4.78 is 5.01. The van der Waals surface area contributed by atoms with Crippen LogP contribution in [0.2, 0.25) is 0 Å². The first kappa shape index (κ1) is 9.26. The molecule has 0 aliphatic heterocycles. The van der Waals surface area contributed by atoms with Crippen molar-refractivity contribution in [1.82, 2.24) is 5.16 Å². The quantitative estimate of drug-likeness (QED) is 0.748. The molecule has 1 atom stereocenters. The zero-order valence-electron chi connectivity index (χ0n) is 7.71. The van der Waals surface area contributed by atoms with Gasteiger partial charge in [-0.2, -0.15) is 0 Å². The number of nitrogens with two attached hydrogens (primary N) is 1. The molecule has 1 aromatic heterocycles. The zero-order valence-corrected chi connectivity index (χ0v) is 7.71. The van der Waals surface area contributed by atoms with Crippen molar-refractivity contribution in [2.75, 3.05) is 0 Å². The monoisotopic (exact) mass is 168 g/mol. The fourth-order valence-corrected chi connectivity index (χ4v) is 1.24. The molecule has 0 saturated carbocycles. The van der Waals surface area contributed by atoms with Gasteiger partial charge in [0, 0.05) is 12.0 Å². The van der Waals surface area contributed by atoms with Gasteiger partial charge in [0.1, 0.15) is 0 Å². The van der Waals surface area contributed by atoms with E-state index in [4.69, 9.17) is 10.3 Å². The average molecular weight is 168 g/mol. The van der Waals surface area contributed by atoms with Crippen LogP contribution in [0, 0.1) is 0 Å². The summed E-state index contributed by atoms with van der Waals surface area (Å²) >= 11 is 0. The van der Waals surface area contributed by atoms with Gasteiger partial charge < -0.3 is 10.3 Å². The molecule has 1 aromatic rings. The van der Waals surface area contributed by atoms with Gasteiger partial charge >= 0.3 is 0 Å². The Balaban J connectivity index is 2.61. The molecule has 0 aliphatic rings. The van der Waals surface area contributed by atoms with E-state index in [0.717, 1.165) is 17.9 Å². The first-order valence-electron chi connectivity index (χ1n) is 4.43. The van der Waals surface area contributed by atoms with Gasteiger partial charge in [0.25, 0.3) is 0 Å². The minimum Gasteiger partial charge on any atom is -0.360 e. The lowest BCUT2D eigenvalue weighted by Gasteiger charge is -2.03. The molecular formula is C9H16N2O. The molecule has 3 heteroatoms. The van der Waals surface area contributed by atoms with Crippen LogP contribution in [0.1, 0.15) is 44.1 Å². The highest BCUT2D eigenvalue weighted by Gasteiger charge is 2.09.